The Bertz CT molecular complexity index is 635. The summed E-state index contributed by atoms with van der Waals surface area (Å²) in [4.78, 5) is 25.1. The summed E-state index contributed by atoms with van der Waals surface area (Å²) in [6.07, 6.45) is 1.91. The second kappa shape index (κ2) is 5.75. The zero-order chi connectivity index (χ0) is 14.7. The molecule has 0 aliphatic rings. The average Bonchev–Trinajstić information content (AvgIpc) is 2.81. The van der Waals surface area contributed by atoms with Crippen molar-refractivity contribution < 1.29 is 19.8 Å². The predicted molar refractivity (Wildman–Crippen MR) is 73.4 cm³/mol. The third kappa shape index (κ3) is 2.97. The lowest BCUT2D eigenvalue weighted by molar-refractivity contribution is -0.143. The second-order valence-electron chi connectivity index (χ2n) is 4.78. The van der Waals surface area contributed by atoms with Gasteiger partial charge in [-0.05, 0) is 24.5 Å². The molecule has 0 aliphatic carbocycles. The molecular formula is C14H16N2O4. The monoisotopic (exact) mass is 276 g/mol. The molecule has 0 bridgehead atoms. The van der Waals surface area contributed by atoms with E-state index in [-0.39, 0.29) is 12.8 Å². The summed E-state index contributed by atoms with van der Waals surface area (Å²) in [6, 6.07) is 6.39. The summed E-state index contributed by atoms with van der Waals surface area (Å²) in [5.41, 5.74) is 7.20. The number of para-hydroxylation sites is 1. The molecule has 0 fully saturated rings. The number of hydrogen-bond donors (Lipinski definition) is 4. The molecule has 2 aromatic rings. The molecule has 5 N–H and O–H groups in total. The van der Waals surface area contributed by atoms with Crippen LogP contribution < -0.4 is 5.73 Å². The lowest BCUT2D eigenvalue weighted by Gasteiger charge is -2.14. The van der Waals surface area contributed by atoms with Gasteiger partial charge >= 0.3 is 11.9 Å². The lowest BCUT2D eigenvalue weighted by Crippen LogP contribution is -2.35. The van der Waals surface area contributed by atoms with E-state index in [4.69, 9.17) is 10.8 Å². The van der Waals surface area contributed by atoms with Crippen LogP contribution in [0.15, 0.2) is 30.5 Å². The number of H-pyrrole nitrogens is 1. The number of nitrogens with one attached hydrogen (secondary N) is 1. The number of aliphatic carboxylic acids is 2. The largest absolute Gasteiger partial charge is 0.481 e. The van der Waals surface area contributed by atoms with Crippen LogP contribution in [0.2, 0.25) is 0 Å². The molecule has 2 rings (SSSR count). The first-order valence-electron chi connectivity index (χ1n) is 6.25. The van der Waals surface area contributed by atoms with Crippen LogP contribution in [0.4, 0.5) is 0 Å². The maximum absolute atomic E-state index is 11.3. The molecule has 0 amide bonds. The van der Waals surface area contributed by atoms with Gasteiger partial charge in [0.15, 0.2) is 0 Å². The van der Waals surface area contributed by atoms with Gasteiger partial charge in [-0.25, -0.2) is 0 Å². The van der Waals surface area contributed by atoms with Crippen molar-refractivity contribution in [3.8, 4) is 0 Å². The molecular weight excluding hydrogens is 260 g/mol. The lowest BCUT2D eigenvalue weighted by atomic mass is 9.93. The third-order valence-electron chi connectivity index (χ3n) is 3.35. The quantitative estimate of drug-likeness (QED) is 0.633. The minimum absolute atomic E-state index is 0.0931. The Labute approximate surface area is 115 Å². The van der Waals surface area contributed by atoms with Gasteiger partial charge in [0.1, 0.15) is 6.04 Å². The minimum atomic E-state index is -1.19. The van der Waals surface area contributed by atoms with Gasteiger partial charge in [0.2, 0.25) is 0 Å². The van der Waals surface area contributed by atoms with Crippen molar-refractivity contribution in [1.82, 2.24) is 4.98 Å². The third-order valence-corrected chi connectivity index (χ3v) is 3.35. The Morgan fingerprint density at radius 1 is 1.20 bits per heavy atom. The van der Waals surface area contributed by atoms with Gasteiger partial charge in [-0.1, -0.05) is 18.2 Å². The van der Waals surface area contributed by atoms with Crippen LogP contribution in [-0.2, 0) is 16.0 Å². The van der Waals surface area contributed by atoms with Crippen LogP contribution in [0.5, 0.6) is 0 Å². The normalized spacial score (nSPS) is 14.1. The number of benzene rings is 1. The highest BCUT2D eigenvalue weighted by Crippen LogP contribution is 2.22. The molecule has 1 heterocycles. The average molecular weight is 276 g/mol. The van der Waals surface area contributed by atoms with Crippen LogP contribution in [-0.4, -0.2) is 33.2 Å². The zero-order valence-corrected chi connectivity index (χ0v) is 10.7. The first-order chi connectivity index (χ1) is 9.49. The Kier molecular flexibility index (Phi) is 4.05. The maximum Gasteiger partial charge on any atom is 0.320 e. The van der Waals surface area contributed by atoms with Gasteiger partial charge in [0.05, 0.1) is 5.92 Å². The molecule has 2 atom stereocenters. The molecule has 6 nitrogen and oxygen atoms in total. The molecule has 0 radical (unpaired) electrons. The molecule has 0 unspecified atom stereocenters. The molecule has 0 spiro atoms. The van der Waals surface area contributed by atoms with Crippen molar-refractivity contribution in [1.29, 1.82) is 0 Å². The van der Waals surface area contributed by atoms with E-state index in [1.54, 1.807) is 6.20 Å². The SMILES string of the molecule is N[C@H](C[C@H](Cc1c[nH]c2ccccc12)C(=O)O)C(=O)O. The van der Waals surface area contributed by atoms with Crippen molar-refractivity contribution in [3.63, 3.8) is 0 Å². The number of hydrogen-bond acceptors (Lipinski definition) is 3. The van der Waals surface area contributed by atoms with E-state index < -0.39 is 23.9 Å². The Morgan fingerprint density at radius 2 is 1.90 bits per heavy atom. The van der Waals surface area contributed by atoms with Crippen LogP contribution in [0.1, 0.15) is 12.0 Å². The first kappa shape index (κ1) is 14.1. The number of rotatable bonds is 6. The van der Waals surface area contributed by atoms with Crippen molar-refractivity contribution in [3.05, 3.63) is 36.0 Å². The number of nitrogens with two attached hydrogens (primary N) is 1. The zero-order valence-electron chi connectivity index (χ0n) is 10.7. The number of fused-ring (bicyclic) bond motifs is 1. The Morgan fingerprint density at radius 3 is 2.55 bits per heavy atom. The van der Waals surface area contributed by atoms with Crippen LogP contribution >= 0.6 is 0 Å². The number of carboxylic acids is 2. The number of aromatic nitrogens is 1. The van der Waals surface area contributed by atoms with Gasteiger partial charge < -0.3 is 20.9 Å². The minimum Gasteiger partial charge on any atom is -0.481 e. The van der Waals surface area contributed by atoms with Gasteiger partial charge in [-0.2, -0.15) is 0 Å². The smallest absolute Gasteiger partial charge is 0.320 e. The van der Waals surface area contributed by atoms with Gasteiger partial charge in [-0.15, -0.1) is 0 Å². The fourth-order valence-electron chi connectivity index (χ4n) is 2.24. The molecule has 0 saturated heterocycles. The van der Waals surface area contributed by atoms with Gasteiger partial charge in [0, 0.05) is 17.1 Å². The van der Waals surface area contributed by atoms with Crippen molar-refractivity contribution in [2.45, 2.75) is 18.9 Å². The fourth-order valence-corrected chi connectivity index (χ4v) is 2.24. The second-order valence-corrected chi connectivity index (χ2v) is 4.78. The number of carboxylic acid groups (broad SMARTS) is 2. The highest BCUT2D eigenvalue weighted by Gasteiger charge is 2.25. The molecule has 0 aliphatic heterocycles. The van der Waals surface area contributed by atoms with E-state index in [1.165, 1.54) is 0 Å². The summed E-state index contributed by atoms with van der Waals surface area (Å²) in [5.74, 6) is -3.04. The number of aromatic amines is 1. The van der Waals surface area contributed by atoms with Crippen LogP contribution in [0.3, 0.4) is 0 Å². The van der Waals surface area contributed by atoms with E-state index in [2.05, 4.69) is 4.98 Å². The highest BCUT2D eigenvalue weighted by atomic mass is 16.4. The molecule has 106 valence electrons. The van der Waals surface area contributed by atoms with Crippen molar-refractivity contribution in [2.24, 2.45) is 11.7 Å². The fraction of sp³-hybridized carbons (Fsp3) is 0.286. The first-order valence-corrected chi connectivity index (χ1v) is 6.25. The molecule has 0 saturated carbocycles. The van der Waals surface area contributed by atoms with Crippen molar-refractivity contribution >= 4 is 22.8 Å². The summed E-state index contributed by atoms with van der Waals surface area (Å²) < 4.78 is 0. The molecule has 1 aromatic carbocycles. The van der Waals surface area contributed by atoms with E-state index in [0.717, 1.165) is 16.5 Å². The van der Waals surface area contributed by atoms with Crippen molar-refractivity contribution in [2.75, 3.05) is 0 Å². The topological polar surface area (TPSA) is 116 Å². The summed E-state index contributed by atoms with van der Waals surface area (Å²) in [6.45, 7) is 0. The molecule has 1 aromatic heterocycles. The maximum atomic E-state index is 11.3. The molecule has 20 heavy (non-hydrogen) atoms. The predicted octanol–water partition coefficient (Wildman–Crippen LogP) is 1.21. The van der Waals surface area contributed by atoms with Crippen LogP contribution in [0, 0.1) is 5.92 Å². The van der Waals surface area contributed by atoms with Gasteiger partial charge in [-0.3, -0.25) is 9.59 Å². The summed E-state index contributed by atoms with van der Waals surface area (Å²) in [5, 5.41) is 18.9. The molecule has 6 heteroatoms. The van der Waals surface area contributed by atoms with Gasteiger partial charge in [0.25, 0.3) is 0 Å². The van der Waals surface area contributed by atoms with E-state index >= 15 is 0 Å². The van der Waals surface area contributed by atoms with E-state index in [0.29, 0.717) is 0 Å². The van der Waals surface area contributed by atoms with E-state index in [9.17, 15) is 14.7 Å². The van der Waals surface area contributed by atoms with Crippen LogP contribution in [0.25, 0.3) is 10.9 Å². The summed E-state index contributed by atoms with van der Waals surface area (Å²) >= 11 is 0. The Hall–Kier alpha value is -2.34. The van der Waals surface area contributed by atoms with E-state index in [1.807, 2.05) is 24.3 Å². The highest BCUT2D eigenvalue weighted by molar-refractivity contribution is 5.84. The number of carbonyl (C=O) groups is 2. The Balaban J connectivity index is 2.20. The summed E-state index contributed by atoms with van der Waals surface area (Å²) in [7, 11) is 0. The standard InChI is InChI=1S/C14H16N2O4/c15-11(14(19)20)6-8(13(17)18)5-9-7-16-12-4-2-1-3-10(9)12/h1-4,7-8,11,16H,5-6,15H2,(H,17,18)(H,19,20)/t8-,11+/m0/s1.